The highest BCUT2D eigenvalue weighted by Crippen LogP contribution is 2.56. The number of rotatable bonds is 4. The van der Waals surface area contributed by atoms with E-state index in [0.29, 0.717) is 17.5 Å². The van der Waals surface area contributed by atoms with Crippen LogP contribution in [0.2, 0.25) is 0 Å². The van der Waals surface area contributed by atoms with Crippen molar-refractivity contribution in [2.75, 3.05) is 18.1 Å². The number of ether oxygens (including phenoxy) is 1. The maximum atomic E-state index is 13.0. The van der Waals surface area contributed by atoms with Gasteiger partial charge in [-0.1, -0.05) is 36.0 Å². The van der Waals surface area contributed by atoms with Gasteiger partial charge in [0.25, 0.3) is 11.8 Å². The predicted octanol–water partition coefficient (Wildman–Crippen LogP) is 2.45. The van der Waals surface area contributed by atoms with Crippen LogP contribution < -0.4 is 4.90 Å². The highest BCUT2D eigenvalue weighted by atomic mass is 32.2. The summed E-state index contributed by atoms with van der Waals surface area (Å²) in [6.45, 7) is -0.148. The van der Waals surface area contributed by atoms with E-state index >= 15 is 0 Å². The van der Waals surface area contributed by atoms with Crippen molar-refractivity contribution in [1.29, 1.82) is 0 Å². The zero-order chi connectivity index (χ0) is 20.2. The average Bonchev–Trinajstić information content (AvgIpc) is 3.33. The number of hydrogen-bond acceptors (Lipinski definition) is 6. The fourth-order valence-corrected chi connectivity index (χ4v) is 5.47. The number of anilines is 1. The van der Waals surface area contributed by atoms with Gasteiger partial charge in [-0.3, -0.25) is 24.2 Å². The lowest BCUT2D eigenvalue weighted by molar-refractivity contribution is -0.146. The van der Waals surface area contributed by atoms with E-state index in [2.05, 4.69) is 0 Å². The van der Waals surface area contributed by atoms with Gasteiger partial charge in [0.2, 0.25) is 5.91 Å². The summed E-state index contributed by atoms with van der Waals surface area (Å²) in [5, 5.41) is 0. The third-order valence-corrected chi connectivity index (χ3v) is 6.87. The number of benzene rings is 2. The molecule has 1 fully saturated rings. The Bertz CT molecular complexity index is 1050. The molecular weight excluding hydrogens is 392 g/mol. The van der Waals surface area contributed by atoms with Gasteiger partial charge in [-0.15, -0.1) is 0 Å². The van der Waals surface area contributed by atoms with Crippen LogP contribution in [0.1, 0.15) is 33.6 Å². The monoisotopic (exact) mass is 408 g/mol. The number of thioether (sulfide) groups is 1. The number of nitrogens with zero attached hydrogens (tertiary/aromatic N) is 2. The lowest BCUT2D eigenvalue weighted by atomic mass is 10.1. The summed E-state index contributed by atoms with van der Waals surface area (Å²) < 4.78 is 5.47. The van der Waals surface area contributed by atoms with Crippen molar-refractivity contribution >= 4 is 41.1 Å². The van der Waals surface area contributed by atoms with Gasteiger partial charge in [0.05, 0.1) is 23.4 Å². The van der Waals surface area contributed by atoms with Crippen molar-refractivity contribution in [3.63, 3.8) is 0 Å². The minimum absolute atomic E-state index is 0.0280. The van der Waals surface area contributed by atoms with Crippen LogP contribution in [0.15, 0.2) is 53.4 Å². The minimum atomic E-state index is -1.11. The van der Waals surface area contributed by atoms with Crippen LogP contribution in [0.3, 0.4) is 0 Å². The molecule has 1 saturated heterocycles. The van der Waals surface area contributed by atoms with Crippen LogP contribution >= 0.6 is 11.8 Å². The topological polar surface area (TPSA) is 84.0 Å². The molecule has 2 aromatic rings. The third-order valence-electron chi connectivity index (χ3n) is 5.42. The molecule has 0 unspecified atom stereocenters. The summed E-state index contributed by atoms with van der Waals surface area (Å²) in [6, 6.07) is 14.0. The number of hydrogen-bond donors (Lipinski definition) is 0. The molecule has 1 atom stereocenters. The fourth-order valence-electron chi connectivity index (χ4n) is 4.06. The van der Waals surface area contributed by atoms with Crippen LogP contribution in [-0.4, -0.2) is 46.6 Å². The van der Waals surface area contributed by atoms with E-state index in [1.165, 1.54) is 16.7 Å². The Kier molecular flexibility index (Phi) is 3.99. The molecule has 0 aliphatic carbocycles. The zero-order valence-electron chi connectivity index (χ0n) is 15.3. The summed E-state index contributed by atoms with van der Waals surface area (Å²) in [6.07, 6.45) is 0.631. The molecule has 3 aliphatic heterocycles. The number of amides is 3. The first-order valence-electron chi connectivity index (χ1n) is 9.26. The molecule has 0 saturated carbocycles. The minimum Gasteiger partial charge on any atom is -0.461 e. The molecule has 146 valence electrons. The largest absolute Gasteiger partial charge is 0.461 e. The molecule has 3 amide bonds. The lowest BCUT2D eigenvalue weighted by Crippen LogP contribution is -2.48. The molecule has 0 aromatic heterocycles. The Morgan fingerprint density at radius 2 is 1.66 bits per heavy atom. The van der Waals surface area contributed by atoms with Gasteiger partial charge in [-0.2, -0.15) is 0 Å². The second-order valence-corrected chi connectivity index (χ2v) is 8.35. The van der Waals surface area contributed by atoms with Crippen molar-refractivity contribution < 1.29 is 23.9 Å². The summed E-state index contributed by atoms with van der Waals surface area (Å²) in [4.78, 5) is 52.6. The molecule has 0 N–H and O–H groups in total. The van der Waals surface area contributed by atoms with Crippen LogP contribution in [0.5, 0.6) is 0 Å². The van der Waals surface area contributed by atoms with Crippen molar-refractivity contribution in [3.8, 4) is 0 Å². The van der Waals surface area contributed by atoms with Gasteiger partial charge in [0.15, 0.2) is 4.87 Å². The summed E-state index contributed by atoms with van der Waals surface area (Å²) in [7, 11) is 0. The van der Waals surface area contributed by atoms with E-state index in [4.69, 9.17) is 4.74 Å². The number of para-hydroxylation sites is 1. The summed E-state index contributed by atoms with van der Waals surface area (Å²) in [5.41, 5.74) is 1.44. The number of carbonyl (C=O) groups excluding carboxylic acids is 4. The Labute approximate surface area is 170 Å². The molecule has 2 aromatic carbocycles. The van der Waals surface area contributed by atoms with Crippen molar-refractivity contribution in [2.45, 2.75) is 22.6 Å². The summed E-state index contributed by atoms with van der Waals surface area (Å²) >= 11 is 1.32. The molecule has 7 nitrogen and oxygen atoms in total. The van der Waals surface area contributed by atoms with Gasteiger partial charge < -0.3 is 4.74 Å². The molecule has 5 rings (SSSR count). The molecule has 0 spiro atoms. The van der Waals surface area contributed by atoms with Crippen molar-refractivity contribution in [3.05, 3.63) is 59.7 Å². The maximum Gasteiger partial charge on any atom is 0.343 e. The lowest BCUT2D eigenvalue weighted by Gasteiger charge is -2.28. The Morgan fingerprint density at radius 3 is 2.38 bits per heavy atom. The predicted molar refractivity (Wildman–Crippen MR) is 105 cm³/mol. The number of esters is 1. The summed E-state index contributed by atoms with van der Waals surface area (Å²) in [5.74, 6) is -1.42. The van der Waals surface area contributed by atoms with Crippen LogP contribution in [0, 0.1) is 0 Å². The van der Waals surface area contributed by atoms with Gasteiger partial charge in [-0.25, -0.2) is 4.79 Å². The zero-order valence-corrected chi connectivity index (χ0v) is 16.1. The number of imide groups is 1. The number of fused-ring (bicyclic) bond motifs is 4. The molecular formula is C21H16N2O5S. The van der Waals surface area contributed by atoms with E-state index < -0.39 is 10.8 Å². The van der Waals surface area contributed by atoms with Gasteiger partial charge >= 0.3 is 5.97 Å². The normalized spacial score (nSPS) is 22.0. The average molecular weight is 408 g/mol. The van der Waals surface area contributed by atoms with E-state index in [0.717, 1.165) is 15.5 Å². The van der Waals surface area contributed by atoms with E-state index in [1.54, 1.807) is 24.3 Å². The van der Waals surface area contributed by atoms with Crippen LogP contribution in [-0.2, 0) is 14.3 Å². The Balaban J connectivity index is 1.29. The molecule has 3 heterocycles. The second-order valence-electron chi connectivity index (χ2n) is 7.03. The second kappa shape index (κ2) is 6.45. The van der Waals surface area contributed by atoms with Gasteiger partial charge in [0.1, 0.15) is 6.61 Å². The third kappa shape index (κ3) is 2.52. The number of carbonyl (C=O) groups is 4. The standard InChI is InChI=1S/C21H16N2O5S/c24-17-9-10-21(23(17)15-7-3-4-8-16(15)29-21)20(27)28-12-11-22-18(25)13-5-1-2-6-14(13)19(22)26/h1-8H,9-12H2/t21-/m0/s1. The quantitative estimate of drug-likeness (QED) is 0.571. The van der Waals surface area contributed by atoms with E-state index in [-0.39, 0.29) is 37.3 Å². The van der Waals surface area contributed by atoms with Gasteiger partial charge in [-0.05, 0) is 24.3 Å². The van der Waals surface area contributed by atoms with Crippen molar-refractivity contribution in [2.24, 2.45) is 0 Å². The van der Waals surface area contributed by atoms with Crippen molar-refractivity contribution in [1.82, 2.24) is 4.90 Å². The smallest absolute Gasteiger partial charge is 0.343 e. The Hall–Kier alpha value is -3.13. The molecule has 8 heteroatoms. The first-order valence-corrected chi connectivity index (χ1v) is 10.1. The molecule has 0 radical (unpaired) electrons. The molecule has 29 heavy (non-hydrogen) atoms. The maximum absolute atomic E-state index is 13.0. The highest BCUT2D eigenvalue weighted by Gasteiger charge is 2.58. The van der Waals surface area contributed by atoms with Crippen LogP contribution in [0.4, 0.5) is 5.69 Å². The SMILES string of the molecule is O=C1c2ccccc2C(=O)N1CCOC(=O)[C@@]12CCC(=O)N1c1ccccc1S2. The first-order chi connectivity index (χ1) is 14.0. The van der Waals surface area contributed by atoms with Gasteiger partial charge in [0, 0.05) is 17.7 Å². The van der Waals surface area contributed by atoms with Crippen LogP contribution in [0.25, 0.3) is 0 Å². The molecule has 3 aliphatic rings. The highest BCUT2D eigenvalue weighted by molar-refractivity contribution is 8.02. The van der Waals surface area contributed by atoms with E-state index in [9.17, 15) is 19.2 Å². The van der Waals surface area contributed by atoms with E-state index in [1.807, 2.05) is 24.3 Å². The Morgan fingerprint density at radius 1 is 1.00 bits per heavy atom. The molecule has 0 bridgehead atoms. The first kappa shape index (κ1) is 17.9. The fraction of sp³-hybridized carbons (Fsp3) is 0.238.